The van der Waals surface area contributed by atoms with Crippen LogP contribution in [0, 0.1) is 5.41 Å². The van der Waals surface area contributed by atoms with Gasteiger partial charge in [-0.3, -0.25) is 19.7 Å². The van der Waals surface area contributed by atoms with Gasteiger partial charge in [-0.15, -0.1) is 0 Å². The number of hydrogen-bond donors (Lipinski definition) is 3. The molecule has 0 radical (unpaired) electrons. The zero-order chi connectivity index (χ0) is 20.7. The molecule has 3 amide bonds. The molecular weight excluding hydrogens is 380 g/mol. The second-order valence-corrected chi connectivity index (χ2v) is 9.49. The Morgan fingerprint density at radius 3 is 2.87 bits per heavy atom. The number of carbonyl (C=O) groups is 3. The van der Waals surface area contributed by atoms with E-state index in [1.165, 1.54) is 32.1 Å². The van der Waals surface area contributed by atoms with E-state index in [4.69, 9.17) is 0 Å². The molecule has 3 N–H and O–H groups in total. The Morgan fingerprint density at radius 2 is 2.07 bits per heavy atom. The monoisotopic (exact) mass is 410 g/mol. The number of amides is 3. The molecule has 1 aliphatic carbocycles. The fourth-order valence-corrected chi connectivity index (χ4v) is 5.77. The van der Waals surface area contributed by atoms with Gasteiger partial charge in [-0.2, -0.15) is 0 Å². The van der Waals surface area contributed by atoms with E-state index in [-0.39, 0.29) is 24.1 Å². The average Bonchev–Trinajstić information content (AvgIpc) is 3.28. The predicted molar refractivity (Wildman–Crippen MR) is 112 cm³/mol. The van der Waals surface area contributed by atoms with E-state index in [1.54, 1.807) is 4.90 Å². The highest BCUT2D eigenvalue weighted by Crippen LogP contribution is 2.43. The molecule has 30 heavy (non-hydrogen) atoms. The third-order valence-corrected chi connectivity index (χ3v) is 7.45. The highest BCUT2D eigenvalue weighted by Gasteiger charge is 2.40. The second-order valence-electron chi connectivity index (χ2n) is 9.49. The first-order chi connectivity index (χ1) is 14.5. The standard InChI is InChI=1S/C23H30N4O3/c28-20-5-4-19(21(29)26-20)27-13-16-3-2-15(10-18(16)22(27)30)12-25-17-6-8-23(11-17)7-1-9-24-14-23/h2-3,10,17,19,24-25H,1,4-9,11-14H2,(H,26,28,29). The van der Waals surface area contributed by atoms with E-state index in [1.807, 2.05) is 12.1 Å². The Bertz CT molecular complexity index is 877. The summed E-state index contributed by atoms with van der Waals surface area (Å²) in [5.41, 5.74) is 3.24. The van der Waals surface area contributed by atoms with Crippen molar-refractivity contribution in [1.82, 2.24) is 20.9 Å². The van der Waals surface area contributed by atoms with Crippen molar-refractivity contribution in [3.05, 3.63) is 34.9 Å². The number of rotatable bonds is 4. The zero-order valence-electron chi connectivity index (χ0n) is 17.3. The van der Waals surface area contributed by atoms with E-state index in [0.717, 1.165) is 30.8 Å². The number of piperidine rings is 2. The third-order valence-electron chi connectivity index (χ3n) is 7.45. The lowest BCUT2D eigenvalue weighted by atomic mass is 9.79. The first-order valence-electron chi connectivity index (χ1n) is 11.2. The summed E-state index contributed by atoms with van der Waals surface area (Å²) < 4.78 is 0. The van der Waals surface area contributed by atoms with Crippen LogP contribution in [-0.2, 0) is 22.7 Å². The van der Waals surface area contributed by atoms with Crippen LogP contribution in [0.4, 0.5) is 0 Å². The number of imide groups is 1. The summed E-state index contributed by atoms with van der Waals surface area (Å²) >= 11 is 0. The molecule has 7 nitrogen and oxygen atoms in total. The van der Waals surface area contributed by atoms with Gasteiger partial charge >= 0.3 is 0 Å². The molecule has 3 atom stereocenters. The molecule has 1 aromatic rings. The van der Waals surface area contributed by atoms with Crippen molar-refractivity contribution in [3.8, 4) is 0 Å². The van der Waals surface area contributed by atoms with Crippen molar-refractivity contribution >= 4 is 17.7 Å². The highest BCUT2D eigenvalue weighted by atomic mass is 16.2. The smallest absolute Gasteiger partial charge is 0.255 e. The van der Waals surface area contributed by atoms with Crippen LogP contribution in [0.3, 0.4) is 0 Å². The van der Waals surface area contributed by atoms with Gasteiger partial charge in [0.1, 0.15) is 6.04 Å². The fourth-order valence-electron chi connectivity index (χ4n) is 5.77. The Balaban J connectivity index is 1.21. The van der Waals surface area contributed by atoms with E-state index in [0.29, 0.717) is 30.0 Å². The largest absolute Gasteiger partial charge is 0.322 e. The number of nitrogens with one attached hydrogen (secondary N) is 3. The van der Waals surface area contributed by atoms with E-state index in [2.05, 4.69) is 22.0 Å². The minimum atomic E-state index is -0.553. The molecule has 1 saturated carbocycles. The van der Waals surface area contributed by atoms with Crippen LogP contribution in [0.5, 0.6) is 0 Å². The fraction of sp³-hybridized carbons (Fsp3) is 0.609. The molecule has 3 aliphatic heterocycles. The summed E-state index contributed by atoms with van der Waals surface area (Å²) in [4.78, 5) is 38.2. The maximum atomic E-state index is 13.0. The Hall–Kier alpha value is -2.25. The number of benzene rings is 1. The molecule has 1 aromatic carbocycles. The van der Waals surface area contributed by atoms with Gasteiger partial charge in [0.05, 0.1) is 0 Å². The van der Waals surface area contributed by atoms with Crippen LogP contribution in [0.1, 0.15) is 66.4 Å². The summed E-state index contributed by atoms with van der Waals surface area (Å²) in [5, 5.41) is 9.63. The van der Waals surface area contributed by atoms with Crippen LogP contribution >= 0.6 is 0 Å². The van der Waals surface area contributed by atoms with Crippen LogP contribution < -0.4 is 16.0 Å². The molecule has 3 heterocycles. The first-order valence-corrected chi connectivity index (χ1v) is 11.2. The molecule has 5 rings (SSSR count). The molecule has 3 unspecified atom stereocenters. The van der Waals surface area contributed by atoms with Crippen molar-refractivity contribution in [2.75, 3.05) is 13.1 Å². The maximum absolute atomic E-state index is 13.0. The van der Waals surface area contributed by atoms with Crippen molar-refractivity contribution in [2.45, 2.75) is 70.1 Å². The number of fused-ring (bicyclic) bond motifs is 1. The number of nitrogens with zero attached hydrogens (tertiary/aromatic N) is 1. The summed E-state index contributed by atoms with van der Waals surface area (Å²) in [6.07, 6.45) is 7.04. The van der Waals surface area contributed by atoms with Crippen LogP contribution in [0.25, 0.3) is 0 Å². The van der Waals surface area contributed by atoms with Gasteiger partial charge in [-0.05, 0) is 67.7 Å². The van der Waals surface area contributed by atoms with Gasteiger partial charge in [-0.1, -0.05) is 12.1 Å². The topological polar surface area (TPSA) is 90.5 Å². The predicted octanol–water partition coefficient (Wildman–Crippen LogP) is 1.46. The van der Waals surface area contributed by atoms with Crippen molar-refractivity contribution < 1.29 is 14.4 Å². The van der Waals surface area contributed by atoms with E-state index in [9.17, 15) is 14.4 Å². The molecule has 1 spiro atoms. The van der Waals surface area contributed by atoms with Gasteiger partial charge < -0.3 is 15.5 Å². The minimum absolute atomic E-state index is 0.102. The lowest BCUT2D eigenvalue weighted by Gasteiger charge is -2.34. The third kappa shape index (κ3) is 3.65. The van der Waals surface area contributed by atoms with Gasteiger partial charge in [-0.25, -0.2) is 0 Å². The molecule has 160 valence electrons. The highest BCUT2D eigenvalue weighted by molar-refractivity contribution is 6.05. The Kier molecular flexibility index (Phi) is 5.11. The van der Waals surface area contributed by atoms with Gasteiger partial charge in [0, 0.05) is 37.7 Å². The molecular formula is C23H30N4O3. The summed E-state index contributed by atoms with van der Waals surface area (Å²) in [5.74, 6) is -0.720. The molecule has 0 bridgehead atoms. The van der Waals surface area contributed by atoms with Crippen molar-refractivity contribution in [1.29, 1.82) is 0 Å². The number of hydrogen-bond acceptors (Lipinski definition) is 5. The van der Waals surface area contributed by atoms with Gasteiger partial charge in [0.15, 0.2) is 0 Å². The quantitative estimate of drug-likeness (QED) is 0.654. The Labute approximate surface area is 177 Å². The summed E-state index contributed by atoms with van der Waals surface area (Å²) in [6.45, 7) is 3.49. The zero-order valence-corrected chi connectivity index (χ0v) is 17.3. The Morgan fingerprint density at radius 1 is 1.17 bits per heavy atom. The lowest BCUT2D eigenvalue weighted by Crippen LogP contribution is -2.52. The van der Waals surface area contributed by atoms with E-state index >= 15 is 0 Å². The van der Waals surface area contributed by atoms with Gasteiger partial charge in [0.25, 0.3) is 5.91 Å². The average molecular weight is 411 g/mol. The summed E-state index contributed by atoms with van der Waals surface area (Å²) in [6, 6.07) is 6.05. The minimum Gasteiger partial charge on any atom is -0.322 e. The number of carbonyl (C=O) groups excluding carboxylic acids is 3. The SMILES string of the molecule is O=C1CCC(N2Cc3ccc(CNC4CCC5(CCCNC5)C4)cc3C2=O)C(=O)N1. The van der Waals surface area contributed by atoms with Crippen LogP contribution in [0.15, 0.2) is 18.2 Å². The lowest BCUT2D eigenvalue weighted by molar-refractivity contribution is -0.136. The molecule has 7 heteroatoms. The van der Waals surface area contributed by atoms with Crippen molar-refractivity contribution in [2.24, 2.45) is 5.41 Å². The second kappa shape index (κ2) is 7.78. The van der Waals surface area contributed by atoms with Crippen LogP contribution in [-0.4, -0.2) is 47.8 Å². The van der Waals surface area contributed by atoms with Crippen LogP contribution in [0.2, 0.25) is 0 Å². The molecule has 4 aliphatic rings. The first kappa shape index (κ1) is 19.7. The van der Waals surface area contributed by atoms with Gasteiger partial charge in [0.2, 0.25) is 11.8 Å². The summed E-state index contributed by atoms with van der Waals surface area (Å²) in [7, 11) is 0. The van der Waals surface area contributed by atoms with E-state index < -0.39 is 6.04 Å². The van der Waals surface area contributed by atoms with Crippen molar-refractivity contribution in [3.63, 3.8) is 0 Å². The molecule has 3 fully saturated rings. The maximum Gasteiger partial charge on any atom is 0.255 e. The molecule has 0 aromatic heterocycles. The molecule has 2 saturated heterocycles. The normalized spacial score (nSPS) is 31.3.